The summed E-state index contributed by atoms with van der Waals surface area (Å²) in [5.74, 6) is -0.142. The number of benzene rings is 2. The van der Waals surface area contributed by atoms with Gasteiger partial charge in [-0.3, -0.25) is 15.6 Å². The van der Waals surface area contributed by atoms with Gasteiger partial charge in [0.25, 0.3) is 5.91 Å². The highest BCUT2D eigenvalue weighted by molar-refractivity contribution is 5.94. The van der Waals surface area contributed by atoms with Crippen molar-refractivity contribution in [1.29, 1.82) is 0 Å². The lowest BCUT2D eigenvalue weighted by Crippen LogP contribution is -2.29. The molecule has 0 aliphatic carbocycles. The molecule has 2 N–H and O–H groups in total. The van der Waals surface area contributed by atoms with E-state index in [9.17, 15) is 4.79 Å². The van der Waals surface area contributed by atoms with Crippen LogP contribution in [0.25, 0.3) is 0 Å². The Morgan fingerprint density at radius 3 is 2.33 bits per heavy atom. The third-order valence-corrected chi connectivity index (χ3v) is 2.65. The molecule has 0 radical (unpaired) electrons. The number of carbonyl (C=O) groups excluding carboxylic acids is 1. The van der Waals surface area contributed by atoms with Gasteiger partial charge in [-0.2, -0.15) is 0 Å². The van der Waals surface area contributed by atoms with Crippen LogP contribution in [0.5, 0.6) is 0 Å². The first kappa shape index (κ1) is 12.2. The molecule has 0 aromatic heterocycles. The Hall–Kier alpha value is -2.29. The van der Waals surface area contributed by atoms with Gasteiger partial charge in [-0.1, -0.05) is 29.8 Å². The summed E-state index contributed by atoms with van der Waals surface area (Å²) >= 11 is 0. The Bertz CT molecular complexity index is 547. The number of amides is 1. The van der Waals surface area contributed by atoms with E-state index in [-0.39, 0.29) is 5.91 Å². The molecule has 3 heteroatoms. The minimum absolute atomic E-state index is 0.142. The Labute approximate surface area is 107 Å². The van der Waals surface area contributed by atoms with Crippen molar-refractivity contribution in [3.8, 4) is 0 Å². The van der Waals surface area contributed by atoms with Gasteiger partial charge in [-0.05, 0) is 43.7 Å². The Morgan fingerprint density at radius 1 is 0.944 bits per heavy atom. The van der Waals surface area contributed by atoms with E-state index in [2.05, 4.69) is 10.9 Å². The van der Waals surface area contributed by atoms with Crippen LogP contribution < -0.4 is 10.9 Å². The largest absolute Gasteiger partial charge is 0.298 e. The summed E-state index contributed by atoms with van der Waals surface area (Å²) in [7, 11) is 0. The molecule has 3 nitrogen and oxygen atoms in total. The average Bonchev–Trinajstić information content (AvgIpc) is 2.37. The molecule has 0 spiro atoms. The molecule has 0 aliphatic heterocycles. The highest BCUT2D eigenvalue weighted by atomic mass is 16.2. The summed E-state index contributed by atoms with van der Waals surface area (Å²) < 4.78 is 0. The maximum Gasteiger partial charge on any atom is 0.269 e. The lowest BCUT2D eigenvalue weighted by atomic mass is 10.1. The van der Waals surface area contributed by atoms with Crippen molar-refractivity contribution < 1.29 is 4.79 Å². The van der Waals surface area contributed by atoms with Crippen molar-refractivity contribution in [2.24, 2.45) is 0 Å². The van der Waals surface area contributed by atoms with Crippen LogP contribution in [0.2, 0.25) is 0 Å². The lowest BCUT2D eigenvalue weighted by molar-refractivity contribution is 0.0962. The zero-order valence-corrected chi connectivity index (χ0v) is 10.5. The minimum Gasteiger partial charge on any atom is -0.298 e. The second-order valence-corrected chi connectivity index (χ2v) is 4.31. The van der Waals surface area contributed by atoms with E-state index < -0.39 is 0 Å². The smallest absolute Gasteiger partial charge is 0.269 e. The van der Waals surface area contributed by atoms with Crippen molar-refractivity contribution in [3.05, 3.63) is 65.2 Å². The van der Waals surface area contributed by atoms with E-state index in [1.165, 1.54) is 0 Å². The van der Waals surface area contributed by atoms with E-state index in [1.54, 1.807) is 0 Å². The Kier molecular flexibility index (Phi) is 3.63. The van der Waals surface area contributed by atoms with Crippen molar-refractivity contribution in [3.63, 3.8) is 0 Å². The first-order chi connectivity index (χ1) is 8.65. The van der Waals surface area contributed by atoms with Gasteiger partial charge in [0.2, 0.25) is 0 Å². The standard InChI is InChI=1S/C15H16N2O/c1-11-6-8-13(9-7-11)15(18)17-16-14-5-3-4-12(2)10-14/h3-10,16H,1-2H3,(H,17,18). The molecular weight excluding hydrogens is 224 g/mol. The van der Waals surface area contributed by atoms with Crippen LogP contribution >= 0.6 is 0 Å². The number of nitrogens with one attached hydrogen (secondary N) is 2. The van der Waals surface area contributed by atoms with Crippen LogP contribution in [-0.2, 0) is 0 Å². The van der Waals surface area contributed by atoms with Gasteiger partial charge in [0.05, 0.1) is 5.69 Å². The summed E-state index contributed by atoms with van der Waals surface area (Å²) in [4.78, 5) is 11.8. The summed E-state index contributed by atoms with van der Waals surface area (Å²) in [6.07, 6.45) is 0. The molecule has 0 atom stereocenters. The van der Waals surface area contributed by atoms with Crippen molar-refractivity contribution >= 4 is 11.6 Å². The molecule has 0 heterocycles. The Morgan fingerprint density at radius 2 is 1.67 bits per heavy atom. The van der Waals surface area contributed by atoms with Gasteiger partial charge >= 0.3 is 0 Å². The molecule has 2 rings (SSSR count). The van der Waals surface area contributed by atoms with Crippen molar-refractivity contribution in [2.75, 3.05) is 5.43 Å². The fourth-order valence-corrected chi connectivity index (χ4v) is 1.63. The molecule has 0 aliphatic rings. The van der Waals surface area contributed by atoms with Crippen LogP contribution in [0.15, 0.2) is 48.5 Å². The number of carbonyl (C=O) groups is 1. The summed E-state index contributed by atoms with van der Waals surface area (Å²) in [5, 5.41) is 0. The predicted octanol–water partition coefficient (Wildman–Crippen LogP) is 3.06. The van der Waals surface area contributed by atoms with Crippen molar-refractivity contribution in [2.45, 2.75) is 13.8 Å². The molecule has 92 valence electrons. The molecule has 1 amide bonds. The van der Waals surface area contributed by atoms with Gasteiger partial charge in [0.1, 0.15) is 0 Å². The van der Waals surface area contributed by atoms with E-state index in [1.807, 2.05) is 62.4 Å². The second kappa shape index (κ2) is 5.36. The first-order valence-corrected chi connectivity index (χ1v) is 5.85. The summed E-state index contributed by atoms with van der Waals surface area (Å²) in [6.45, 7) is 4.00. The van der Waals surface area contributed by atoms with Gasteiger partial charge in [0.15, 0.2) is 0 Å². The third-order valence-electron chi connectivity index (χ3n) is 2.65. The second-order valence-electron chi connectivity index (χ2n) is 4.31. The van der Waals surface area contributed by atoms with E-state index >= 15 is 0 Å². The van der Waals surface area contributed by atoms with Gasteiger partial charge in [-0.15, -0.1) is 0 Å². The van der Waals surface area contributed by atoms with Gasteiger partial charge in [0, 0.05) is 5.56 Å². The fourth-order valence-electron chi connectivity index (χ4n) is 1.63. The molecular formula is C15H16N2O. The molecule has 0 saturated heterocycles. The maximum absolute atomic E-state index is 11.8. The van der Waals surface area contributed by atoms with Crippen LogP contribution in [0.3, 0.4) is 0 Å². The van der Waals surface area contributed by atoms with E-state index in [4.69, 9.17) is 0 Å². The normalized spacial score (nSPS) is 9.89. The zero-order valence-electron chi connectivity index (χ0n) is 10.5. The SMILES string of the molecule is Cc1ccc(C(=O)NNc2cccc(C)c2)cc1. The average molecular weight is 240 g/mol. The predicted molar refractivity (Wildman–Crippen MR) is 73.4 cm³/mol. The van der Waals surface area contributed by atoms with E-state index in [0.29, 0.717) is 5.56 Å². The molecule has 0 fully saturated rings. The monoisotopic (exact) mass is 240 g/mol. The molecule has 18 heavy (non-hydrogen) atoms. The molecule has 0 saturated carbocycles. The number of aryl methyl sites for hydroxylation is 2. The number of hydrogen-bond donors (Lipinski definition) is 2. The van der Waals surface area contributed by atoms with Crippen LogP contribution in [0, 0.1) is 13.8 Å². The van der Waals surface area contributed by atoms with Crippen LogP contribution in [-0.4, -0.2) is 5.91 Å². The third kappa shape index (κ3) is 3.10. The summed E-state index contributed by atoms with van der Waals surface area (Å²) in [6, 6.07) is 15.3. The van der Waals surface area contributed by atoms with E-state index in [0.717, 1.165) is 16.8 Å². The van der Waals surface area contributed by atoms with Gasteiger partial charge in [-0.25, -0.2) is 0 Å². The maximum atomic E-state index is 11.8. The zero-order chi connectivity index (χ0) is 13.0. The number of anilines is 1. The van der Waals surface area contributed by atoms with Crippen LogP contribution in [0.1, 0.15) is 21.5 Å². The quantitative estimate of drug-likeness (QED) is 0.809. The number of hydrazine groups is 1. The topological polar surface area (TPSA) is 41.1 Å². The number of hydrogen-bond acceptors (Lipinski definition) is 2. The Balaban J connectivity index is 1.98. The van der Waals surface area contributed by atoms with Crippen LogP contribution in [0.4, 0.5) is 5.69 Å². The molecule has 0 bridgehead atoms. The lowest BCUT2D eigenvalue weighted by Gasteiger charge is -2.09. The van der Waals surface area contributed by atoms with Gasteiger partial charge < -0.3 is 0 Å². The molecule has 0 unspecified atom stereocenters. The first-order valence-electron chi connectivity index (χ1n) is 5.85. The molecule has 2 aromatic rings. The molecule has 2 aromatic carbocycles. The number of rotatable bonds is 3. The fraction of sp³-hybridized carbons (Fsp3) is 0.133. The summed E-state index contributed by atoms with van der Waals surface area (Å²) in [5.41, 5.74) is 9.36. The van der Waals surface area contributed by atoms with Crippen molar-refractivity contribution in [1.82, 2.24) is 5.43 Å². The highest BCUT2D eigenvalue weighted by Gasteiger charge is 2.03. The minimum atomic E-state index is -0.142. The highest BCUT2D eigenvalue weighted by Crippen LogP contribution is 2.08.